The van der Waals surface area contributed by atoms with Crippen molar-refractivity contribution in [1.82, 2.24) is 19.1 Å². The van der Waals surface area contributed by atoms with Gasteiger partial charge in [0.15, 0.2) is 5.82 Å². The van der Waals surface area contributed by atoms with E-state index in [1.807, 2.05) is 0 Å². The van der Waals surface area contributed by atoms with Crippen LogP contribution in [0.15, 0.2) is 255 Å². The van der Waals surface area contributed by atoms with Crippen molar-refractivity contribution in [2.75, 3.05) is 0 Å². The van der Waals surface area contributed by atoms with Crippen molar-refractivity contribution in [3.63, 3.8) is 0 Å². The van der Waals surface area contributed by atoms with Crippen molar-refractivity contribution in [3.05, 3.63) is 299 Å². The molecule has 4 nitrogen and oxygen atoms in total. The van der Waals surface area contributed by atoms with Gasteiger partial charge in [-0.1, -0.05) is 192 Å². The minimum absolute atomic E-state index is 0.657. The highest BCUT2D eigenvalue weighted by atomic mass is 15.0. The summed E-state index contributed by atoms with van der Waals surface area (Å²) in [5, 5.41) is 4.81. The van der Waals surface area contributed by atoms with Crippen molar-refractivity contribution in [3.8, 4) is 101 Å². The highest BCUT2D eigenvalue weighted by molar-refractivity contribution is 6.14. The number of rotatable bonds is 10. The standard InChI is InChI=1S/C84H66N4/c1-51-22-31-68(55(5)40-51)62-26-35-80-73(45-62)74-46-63(69-32-23-52(2)41-56(69)6)27-36-81(74)87(80)67-21-15-20-61(44-67)72-49-66(84-85-77(59-16-11-9-12-17-59)50-78(86-84)60-18-13-10-14-19-60)30-39-79(72)88-82-37-28-64(70-33-24-53(3)42-57(70)7)47-75(82)76-48-65(29-38-83(76)88)71-34-25-54(4)43-58(71)8/h9-50H,1-8H3. The number of aryl methyl sites for hydroxylation is 8. The fraction of sp³-hybridized carbons (Fsp3) is 0.0952. The summed E-state index contributed by atoms with van der Waals surface area (Å²) >= 11 is 0. The van der Waals surface area contributed by atoms with Gasteiger partial charge in [0.05, 0.1) is 39.1 Å². The molecule has 0 aliphatic heterocycles. The zero-order chi connectivity index (χ0) is 59.9. The van der Waals surface area contributed by atoms with E-state index in [2.05, 4.69) is 319 Å². The van der Waals surface area contributed by atoms with Gasteiger partial charge in [0, 0.05) is 49.5 Å². The van der Waals surface area contributed by atoms with Gasteiger partial charge in [0.2, 0.25) is 0 Å². The first-order valence-electron chi connectivity index (χ1n) is 30.6. The van der Waals surface area contributed by atoms with E-state index in [1.165, 1.54) is 111 Å². The van der Waals surface area contributed by atoms with Crippen LogP contribution in [0.3, 0.4) is 0 Å². The maximum Gasteiger partial charge on any atom is 0.160 e. The Morgan fingerprint density at radius 1 is 0.239 bits per heavy atom. The average Bonchev–Trinajstić information content (AvgIpc) is 1.72. The van der Waals surface area contributed by atoms with Crippen LogP contribution in [0.5, 0.6) is 0 Å². The Morgan fingerprint density at radius 3 is 0.977 bits per heavy atom. The molecule has 0 N–H and O–H groups in total. The molecule has 0 aliphatic carbocycles. The zero-order valence-electron chi connectivity index (χ0n) is 51.0. The lowest BCUT2D eigenvalue weighted by Gasteiger charge is -2.18. The van der Waals surface area contributed by atoms with E-state index in [0.29, 0.717) is 5.82 Å². The molecule has 0 atom stereocenters. The highest BCUT2D eigenvalue weighted by Gasteiger charge is 2.23. The van der Waals surface area contributed by atoms with Crippen LogP contribution in [0, 0.1) is 55.4 Å². The van der Waals surface area contributed by atoms with Crippen LogP contribution >= 0.6 is 0 Å². The third-order valence-corrected chi connectivity index (χ3v) is 18.1. The second kappa shape index (κ2) is 21.7. The largest absolute Gasteiger partial charge is 0.309 e. The Morgan fingerprint density at radius 2 is 0.591 bits per heavy atom. The molecule has 88 heavy (non-hydrogen) atoms. The monoisotopic (exact) mass is 1130 g/mol. The van der Waals surface area contributed by atoms with Gasteiger partial charge in [0.1, 0.15) is 0 Å². The van der Waals surface area contributed by atoms with Crippen molar-refractivity contribution in [2.45, 2.75) is 55.4 Å². The van der Waals surface area contributed by atoms with E-state index in [0.717, 1.165) is 72.6 Å². The lowest BCUT2D eigenvalue weighted by atomic mass is 9.95. The SMILES string of the molecule is Cc1ccc(-c2ccc3c(c2)c2cc(-c4ccc(C)cc4C)ccc2n3-c2cccc(-c3cc(-c4nc(-c5ccccc5)cc(-c5ccccc5)n4)ccc3-n3c4ccc(-c5ccc(C)cc5C)cc4c4cc(-c5ccc(C)cc5C)ccc43)c2)c(C)c1. The summed E-state index contributed by atoms with van der Waals surface area (Å²) in [4.78, 5) is 10.8. The molecule has 0 saturated carbocycles. The lowest BCUT2D eigenvalue weighted by Crippen LogP contribution is -2.01. The van der Waals surface area contributed by atoms with Crippen LogP contribution in [-0.4, -0.2) is 19.1 Å². The first-order valence-corrected chi connectivity index (χ1v) is 30.6. The second-order valence-electron chi connectivity index (χ2n) is 24.3. The summed E-state index contributed by atoms with van der Waals surface area (Å²) in [6, 6.07) is 94.4. The molecule has 0 aliphatic rings. The fourth-order valence-corrected chi connectivity index (χ4v) is 13.8. The van der Waals surface area contributed by atoms with Gasteiger partial charge in [0.25, 0.3) is 0 Å². The lowest BCUT2D eigenvalue weighted by molar-refractivity contribution is 1.16. The maximum atomic E-state index is 5.41. The molecule has 0 saturated heterocycles. The summed E-state index contributed by atoms with van der Waals surface area (Å²) in [5.74, 6) is 0.657. The van der Waals surface area contributed by atoms with Gasteiger partial charge in [-0.3, -0.25) is 0 Å². The van der Waals surface area contributed by atoms with Crippen molar-refractivity contribution >= 4 is 43.6 Å². The summed E-state index contributed by atoms with van der Waals surface area (Å²) < 4.78 is 4.96. The van der Waals surface area contributed by atoms with Crippen molar-refractivity contribution in [1.29, 1.82) is 0 Å². The topological polar surface area (TPSA) is 35.6 Å². The van der Waals surface area contributed by atoms with Crippen LogP contribution in [-0.2, 0) is 0 Å². The molecule has 15 aromatic rings. The molecule has 3 aromatic heterocycles. The third kappa shape index (κ3) is 9.59. The highest BCUT2D eigenvalue weighted by Crippen LogP contribution is 2.44. The summed E-state index contributed by atoms with van der Waals surface area (Å²) in [6.45, 7) is 17.6. The minimum atomic E-state index is 0.657. The Bertz CT molecular complexity index is 5010. The average molecular weight is 1130 g/mol. The maximum absolute atomic E-state index is 5.41. The number of hydrogen-bond acceptors (Lipinski definition) is 2. The number of hydrogen-bond donors (Lipinski definition) is 0. The molecule has 4 heteroatoms. The predicted octanol–water partition coefficient (Wildman–Crippen LogP) is 22.5. The van der Waals surface area contributed by atoms with Gasteiger partial charge in [-0.15, -0.1) is 0 Å². The molecule has 0 unspecified atom stereocenters. The number of nitrogens with zero attached hydrogens (tertiary/aromatic N) is 4. The van der Waals surface area contributed by atoms with E-state index in [9.17, 15) is 0 Å². The Hall–Kier alpha value is -10.7. The molecule has 0 spiro atoms. The van der Waals surface area contributed by atoms with Crippen LogP contribution in [0.25, 0.3) is 145 Å². The molecule has 0 amide bonds. The molecular formula is C84H66N4. The Kier molecular flexibility index (Phi) is 13.3. The summed E-state index contributed by atoms with van der Waals surface area (Å²) in [5.41, 5.74) is 33.4. The minimum Gasteiger partial charge on any atom is -0.309 e. The second-order valence-corrected chi connectivity index (χ2v) is 24.3. The van der Waals surface area contributed by atoms with E-state index in [4.69, 9.17) is 9.97 Å². The molecule has 3 heterocycles. The van der Waals surface area contributed by atoms with Gasteiger partial charge in [-0.05, 0) is 213 Å². The van der Waals surface area contributed by atoms with Gasteiger partial charge < -0.3 is 9.13 Å². The fourth-order valence-electron chi connectivity index (χ4n) is 13.8. The number of aromatic nitrogens is 4. The van der Waals surface area contributed by atoms with Gasteiger partial charge in [-0.25, -0.2) is 9.97 Å². The first kappa shape index (κ1) is 54.0. The predicted molar refractivity (Wildman–Crippen MR) is 372 cm³/mol. The van der Waals surface area contributed by atoms with Crippen molar-refractivity contribution in [2.24, 2.45) is 0 Å². The van der Waals surface area contributed by atoms with Crippen LogP contribution in [0.2, 0.25) is 0 Å². The summed E-state index contributed by atoms with van der Waals surface area (Å²) in [6.07, 6.45) is 0. The Labute approximate surface area is 515 Å². The molecule has 0 radical (unpaired) electrons. The normalized spacial score (nSPS) is 11.6. The van der Waals surface area contributed by atoms with E-state index in [1.54, 1.807) is 0 Å². The molecule has 422 valence electrons. The van der Waals surface area contributed by atoms with Crippen LogP contribution in [0.4, 0.5) is 0 Å². The van der Waals surface area contributed by atoms with Gasteiger partial charge in [-0.2, -0.15) is 0 Å². The number of fused-ring (bicyclic) bond motifs is 6. The molecule has 0 bridgehead atoms. The molecule has 12 aromatic carbocycles. The van der Waals surface area contributed by atoms with Crippen LogP contribution < -0.4 is 0 Å². The van der Waals surface area contributed by atoms with Crippen molar-refractivity contribution < 1.29 is 0 Å². The quantitative estimate of drug-likeness (QED) is 0.137. The van der Waals surface area contributed by atoms with E-state index < -0.39 is 0 Å². The van der Waals surface area contributed by atoms with Gasteiger partial charge >= 0.3 is 0 Å². The third-order valence-electron chi connectivity index (χ3n) is 18.1. The number of benzene rings is 12. The van der Waals surface area contributed by atoms with Crippen LogP contribution in [0.1, 0.15) is 44.5 Å². The molecule has 15 rings (SSSR count). The summed E-state index contributed by atoms with van der Waals surface area (Å²) in [7, 11) is 0. The first-order chi connectivity index (χ1) is 42.9. The molecular weight excluding hydrogens is 1060 g/mol. The smallest absolute Gasteiger partial charge is 0.160 e. The Balaban J connectivity index is 0.987. The zero-order valence-corrected chi connectivity index (χ0v) is 51.0. The molecule has 0 fully saturated rings. The van der Waals surface area contributed by atoms with E-state index >= 15 is 0 Å². The van der Waals surface area contributed by atoms with E-state index in [-0.39, 0.29) is 0 Å².